The highest BCUT2D eigenvalue weighted by Crippen LogP contribution is 2.41. The summed E-state index contributed by atoms with van der Waals surface area (Å²) in [5, 5.41) is 14.2. The molecule has 9 heteroatoms. The molecule has 1 heterocycles. The summed E-state index contributed by atoms with van der Waals surface area (Å²) in [6, 6.07) is 4.33. The number of alkyl halides is 3. The Balaban J connectivity index is 1.92. The van der Waals surface area contributed by atoms with Gasteiger partial charge in [-0.05, 0) is 31.4 Å². The van der Waals surface area contributed by atoms with Crippen molar-refractivity contribution in [3.05, 3.63) is 41.3 Å². The molecular formula is C17H18F4N4O. The number of anilines is 3. The van der Waals surface area contributed by atoms with E-state index in [1.165, 1.54) is 0 Å². The van der Waals surface area contributed by atoms with Crippen molar-refractivity contribution in [1.29, 1.82) is 0 Å². The Morgan fingerprint density at radius 3 is 2.62 bits per heavy atom. The average molecular weight is 370 g/mol. The molecule has 140 valence electrons. The van der Waals surface area contributed by atoms with Crippen LogP contribution in [0.25, 0.3) is 0 Å². The third-order valence-electron chi connectivity index (χ3n) is 3.93. The molecule has 0 atom stereocenters. The molecular weight excluding hydrogens is 352 g/mol. The maximum absolute atomic E-state index is 14.0. The van der Waals surface area contributed by atoms with Crippen molar-refractivity contribution in [2.45, 2.75) is 31.4 Å². The first-order valence-corrected chi connectivity index (χ1v) is 8.25. The first-order chi connectivity index (χ1) is 12.4. The number of aliphatic hydroxyl groups excluding tert-OH is 1. The van der Waals surface area contributed by atoms with Crippen molar-refractivity contribution in [1.82, 2.24) is 9.97 Å². The summed E-state index contributed by atoms with van der Waals surface area (Å²) in [6.07, 6.45) is -2.33. The molecule has 0 amide bonds. The Labute approximate surface area is 147 Å². The van der Waals surface area contributed by atoms with Gasteiger partial charge in [0, 0.05) is 25.1 Å². The van der Waals surface area contributed by atoms with Gasteiger partial charge in [0.15, 0.2) is 0 Å². The summed E-state index contributed by atoms with van der Waals surface area (Å²) < 4.78 is 53.5. The van der Waals surface area contributed by atoms with E-state index in [4.69, 9.17) is 5.11 Å². The van der Waals surface area contributed by atoms with Gasteiger partial charge in [0.25, 0.3) is 0 Å². The van der Waals surface area contributed by atoms with Gasteiger partial charge >= 0.3 is 6.18 Å². The normalized spacial score (nSPS) is 14.3. The highest BCUT2D eigenvalue weighted by atomic mass is 19.4. The molecule has 0 radical (unpaired) electrons. The number of rotatable bonds is 7. The maximum Gasteiger partial charge on any atom is 0.418 e. The molecule has 5 nitrogen and oxygen atoms in total. The van der Waals surface area contributed by atoms with E-state index in [1.54, 1.807) is 6.07 Å². The lowest BCUT2D eigenvalue weighted by atomic mass is 10.1. The van der Waals surface area contributed by atoms with Gasteiger partial charge in [0.05, 0.1) is 16.9 Å². The summed E-state index contributed by atoms with van der Waals surface area (Å²) in [5.41, 5.74) is -1.07. The zero-order chi connectivity index (χ0) is 18.7. The lowest BCUT2D eigenvalue weighted by molar-refractivity contribution is -0.137. The second-order valence-corrected chi connectivity index (χ2v) is 6.07. The monoisotopic (exact) mass is 370 g/mol. The molecule has 3 rings (SSSR count). The summed E-state index contributed by atoms with van der Waals surface area (Å²) in [4.78, 5) is 8.47. The molecule has 1 aliphatic carbocycles. The van der Waals surface area contributed by atoms with Crippen LogP contribution in [0.1, 0.15) is 36.4 Å². The number of nitrogens with one attached hydrogen (secondary N) is 2. The predicted octanol–water partition coefficient (Wildman–Crippen LogP) is 4.05. The van der Waals surface area contributed by atoms with Crippen molar-refractivity contribution in [2.24, 2.45) is 0 Å². The van der Waals surface area contributed by atoms with Crippen LogP contribution < -0.4 is 10.6 Å². The zero-order valence-electron chi connectivity index (χ0n) is 13.8. The van der Waals surface area contributed by atoms with Crippen LogP contribution in [-0.2, 0) is 6.18 Å². The molecule has 1 aromatic carbocycles. The van der Waals surface area contributed by atoms with Crippen LogP contribution in [0.3, 0.4) is 0 Å². The van der Waals surface area contributed by atoms with E-state index in [1.807, 2.05) is 0 Å². The number of aromatic nitrogens is 2. The van der Waals surface area contributed by atoms with Gasteiger partial charge in [-0.3, -0.25) is 0 Å². The summed E-state index contributed by atoms with van der Waals surface area (Å²) >= 11 is 0. The number of halogens is 4. The predicted molar refractivity (Wildman–Crippen MR) is 88.9 cm³/mol. The van der Waals surface area contributed by atoms with E-state index < -0.39 is 23.2 Å². The largest absolute Gasteiger partial charge is 0.418 e. The maximum atomic E-state index is 14.0. The molecule has 0 aliphatic heterocycles. The summed E-state index contributed by atoms with van der Waals surface area (Å²) in [6.45, 7) is 0.405. The quantitative estimate of drug-likeness (QED) is 0.507. The average Bonchev–Trinajstić information content (AvgIpc) is 3.41. The standard InChI is InChI=1S/C17H18F4N4O/c18-12-4-1-3-11(17(19,20)21)15(12)24-14-9-13(10-5-6-10)23-16(25-14)22-7-2-8-26/h1,3-4,9-10,26H,2,5-8H2,(H2,22,23,24,25). The molecule has 0 saturated heterocycles. The molecule has 26 heavy (non-hydrogen) atoms. The van der Waals surface area contributed by atoms with Crippen molar-refractivity contribution in [2.75, 3.05) is 23.8 Å². The molecule has 0 bridgehead atoms. The van der Waals surface area contributed by atoms with Crippen molar-refractivity contribution < 1.29 is 22.7 Å². The Morgan fingerprint density at radius 1 is 1.19 bits per heavy atom. The Bertz CT molecular complexity index is 778. The number of benzene rings is 1. The van der Waals surface area contributed by atoms with E-state index >= 15 is 0 Å². The first kappa shape index (κ1) is 18.4. The Kier molecular flexibility index (Phi) is 5.26. The van der Waals surface area contributed by atoms with Crippen LogP contribution in [0.5, 0.6) is 0 Å². The Hall–Kier alpha value is -2.42. The third-order valence-corrected chi connectivity index (χ3v) is 3.93. The fourth-order valence-corrected chi connectivity index (χ4v) is 2.49. The lowest BCUT2D eigenvalue weighted by Crippen LogP contribution is -2.12. The van der Waals surface area contributed by atoms with Crippen molar-refractivity contribution >= 4 is 17.5 Å². The molecule has 1 saturated carbocycles. The molecule has 0 unspecified atom stereocenters. The fraction of sp³-hybridized carbons (Fsp3) is 0.412. The van der Waals surface area contributed by atoms with Crippen LogP contribution in [0.2, 0.25) is 0 Å². The van der Waals surface area contributed by atoms with Gasteiger partial charge in [-0.15, -0.1) is 0 Å². The molecule has 1 aromatic heterocycles. The highest BCUT2D eigenvalue weighted by Gasteiger charge is 2.35. The van der Waals surface area contributed by atoms with Crippen molar-refractivity contribution in [3.63, 3.8) is 0 Å². The second kappa shape index (κ2) is 7.45. The van der Waals surface area contributed by atoms with E-state index in [0.717, 1.165) is 31.0 Å². The number of hydrogen-bond acceptors (Lipinski definition) is 5. The first-order valence-electron chi connectivity index (χ1n) is 8.25. The van der Waals surface area contributed by atoms with Gasteiger partial charge in [0.1, 0.15) is 11.6 Å². The van der Waals surface area contributed by atoms with Gasteiger partial charge < -0.3 is 15.7 Å². The molecule has 1 aliphatic rings. The van der Waals surface area contributed by atoms with Crippen LogP contribution in [0.4, 0.5) is 35.0 Å². The minimum atomic E-state index is -4.70. The number of para-hydroxylation sites is 1. The van der Waals surface area contributed by atoms with Gasteiger partial charge in [-0.25, -0.2) is 9.37 Å². The van der Waals surface area contributed by atoms with E-state index in [9.17, 15) is 17.6 Å². The molecule has 1 fully saturated rings. The van der Waals surface area contributed by atoms with E-state index in [2.05, 4.69) is 20.6 Å². The molecule has 2 aromatic rings. The van der Waals surface area contributed by atoms with Crippen LogP contribution in [0, 0.1) is 5.82 Å². The smallest absolute Gasteiger partial charge is 0.396 e. The number of aliphatic hydroxyl groups is 1. The Morgan fingerprint density at radius 2 is 1.96 bits per heavy atom. The van der Waals surface area contributed by atoms with Gasteiger partial charge in [0.2, 0.25) is 5.95 Å². The van der Waals surface area contributed by atoms with Crippen LogP contribution in [0.15, 0.2) is 24.3 Å². The SMILES string of the molecule is OCCCNc1nc(Nc2c(F)cccc2C(F)(F)F)cc(C2CC2)n1. The lowest BCUT2D eigenvalue weighted by Gasteiger charge is -2.16. The molecule has 0 spiro atoms. The van der Waals surface area contributed by atoms with Crippen LogP contribution >= 0.6 is 0 Å². The van der Waals surface area contributed by atoms with Gasteiger partial charge in [-0.1, -0.05) is 6.07 Å². The third kappa shape index (κ3) is 4.40. The highest BCUT2D eigenvalue weighted by molar-refractivity contribution is 5.63. The summed E-state index contributed by atoms with van der Waals surface area (Å²) in [7, 11) is 0. The van der Waals surface area contributed by atoms with Gasteiger partial charge in [-0.2, -0.15) is 18.2 Å². The van der Waals surface area contributed by atoms with Crippen LogP contribution in [-0.4, -0.2) is 28.2 Å². The molecule has 3 N–H and O–H groups in total. The zero-order valence-corrected chi connectivity index (χ0v) is 13.8. The number of nitrogens with zero attached hydrogens (tertiary/aromatic N) is 2. The topological polar surface area (TPSA) is 70.1 Å². The minimum absolute atomic E-state index is 0.00933. The van der Waals surface area contributed by atoms with E-state index in [0.29, 0.717) is 18.7 Å². The van der Waals surface area contributed by atoms with E-state index in [-0.39, 0.29) is 24.3 Å². The van der Waals surface area contributed by atoms with Crippen molar-refractivity contribution in [3.8, 4) is 0 Å². The summed E-state index contributed by atoms with van der Waals surface area (Å²) in [5.74, 6) is -0.458. The fourth-order valence-electron chi connectivity index (χ4n) is 2.49. The number of hydrogen-bond donors (Lipinski definition) is 3. The second-order valence-electron chi connectivity index (χ2n) is 6.07. The minimum Gasteiger partial charge on any atom is -0.396 e.